The van der Waals surface area contributed by atoms with Gasteiger partial charge in [0.05, 0.1) is 38.6 Å². The molecule has 0 aromatic heterocycles. The lowest BCUT2D eigenvalue weighted by molar-refractivity contribution is 0.0385. The van der Waals surface area contributed by atoms with E-state index in [1.54, 1.807) is 45.9 Å². The largest absolute Gasteiger partial charge is 0.489 e. The Hall–Kier alpha value is -3.05. The molecule has 3 aromatic rings. The Bertz CT molecular complexity index is 1410. The second-order valence-electron chi connectivity index (χ2n) is 9.51. The quantitative estimate of drug-likeness (QED) is 0.107. The van der Waals surface area contributed by atoms with E-state index in [1.165, 1.54) is 0 Å². The van der Waals surface area contributed by atoms with E-state index in [0.717, 1.165) is 11.1 Å². The highest BCUT2D eigenvalue weighted by Gasteiger charge is 2.34. The van der Waals surface area contributed by atoms with Crippen LogP contribution in [0.4, 0.5) is 0 Å². The Labute approximate surface area is 270 Å². The van der Waals surface area contributed by atoms with Gasteiger partial charge in [-0.15, -0.1) is 0 Å². The number of phosphoric acid groups is 2. The lowest BCUT2D eigenvalue weighted by atomic mass is 10.1. The Morgan fingerprint density at radius 1 is 0.674 bits per heavy atom. The topological polar surface area (TPSA) is 137 Å². The summed E-state index contributed by atoms with van der Waals surface area (Å²) in [7, 11) is -8.03. The first kappa shape index (κ1) is 37.4. The van der Waals surface area contributed by atoms with Crippen LogP contribution >= 0.6 is 15.6 Å². The highest BCUT2D eigenvalue weighted by molar-refractivity contribution is 7.48. The average Bonchev–Trinajstić information content (AvgIpc) is 3.05. The van der Waals surface area contributed by atoms with Crippen LogP contribution in [0.1, 0.15) is 49.2 Å². The minimum absolute atomic E-state index is 0.0332. The van der Waals surface area contributed by atoms with Gasteiger partial charge in [0.15, 0.2) is 0 Å². The molecule has 252 valence electrons. The van der Waals surface area contributed by atoms with Crippen LogP contribution in [0.2, 0.25) is 0 Å². The van der Waals surface area contributed by atoms with Gasteiger partial charge in [0.1, 0.15) is 30.8 Å². The second-order valence-corrected chi connectivity index (χ2v) is 12.8. The first-order valence-corrected chi connectivity index (χ1v) is 18.0. The van der Waals surface area contributed by atoms with Crippen LogP contribution in [-0.2, 0) is 49.5 Å². The first-order valence-electron chi connectivity index (χ1n) is 15.1. The van der Waals surface area contributed by atoms with E-state index in [9.17, 15) is 13.9 Å². The van der Waals surface area contributed by atoms with Gasteiger partial charge in [-0.2, -0.15) is 0 Å². The van der Waals surface area contributed by atoms with E-state index in [-0.39, 0.29) is 45.1 Å². The van der Waals surface area contributed by atoms with E-state index in [0.29, 0.717) is 18.1 Å². The molecule has 0 aliphatic heterocycles. The summed E-state index contributed by atoms with van der Waals surface area (Å²) in [6.07, 6.45) is -1.15. The summed E-state index contributed by atoms with van der Waals surface area (Å²) < 4.78 is 70.2. The molecule has 1 amide bonds. The Balaban J connectivity index is 1.82. The zero-order chi connectivity index (χ0) is 33.3. The number of benzene rings is 3. The van der Waals surface area contributed by atoms with E-state index in [4.69, 9.17) is 36.6 Å². The van der Waals surface area contributed by atoms with Crippen molar-refractivity contribution in [3.8, 4) is 11.5 Å². The Morgan fingerprint density at radius 2 is 1.20 bits per heavy atom. The fourth-order valence-electron chi connectivity index (χ4n) is 4.01. The van der Waals surface area contributed by atoms with Crippen molar-refractivity contribution < 1.29 is 50.5 Å². The maximum atomic E-state index is 13.7. The summed E-state index contributed by atoms with van der Waals surface area (Å²) in [5, 5.41) is 2.76. The van der Waals surface area contributed by atoms with Crippen molar-refractivity contribution in [1.82, 2.24) is 5.32 Å². The maximum Gasteiger partial charge on any atom is 0.475 e. The lowest BCUT2D eigenvalue weighted by Gasteiger charge is -2.25. The van der Waals surface area contributed by atoms with Gasteiger partial charge in [-0.25, -0.2) is 9.13 Å². The lowest BCUT2D eigenvalue weighted by Crippen LogP contribution is -2.36. The van der Waals surface area contributed by atoms with Crippen molar-refractivity contribution in [3.05, 3.63) is 95.6 Å². The van der Waals surface area contributed by atoms with Gasteiger partial charge >= 0.3 is 15.6 Å². The van der Waals surface area contributed by atoms with Gasteiger partial charge in [0.2, 0.25) is 0 Å². The summed E-state index contributed by atoms with van der Waals surface area (Å²) in [5.41, 5.74) is 2.06. The van der Waals surface area contributed by atoms with Crippen LogP contribution in [-0.4, -0.2) is 51.6 Å². The molecular formula is C32H43NO11P2. The number of hydrogen-bond acceptors (Lipinski definition) is 11. The molecule has 3 rings (SSSR count). The van der Waals surface area contributed by atoms with Crippen LogP contribution in [0.25, 0.3) is 0 Å². The maximum absolute atomic E-state index is 13.7. The molecule has 0 spiro atoms. The van der Waals surface area contributed by atoms with E-state index in [1.807, 2.05) is 60.7 Å². The smallest absolute Gasteiger partial charge is 0.475 e. The highest BCUT2D eigenvalue weighted by Crippen LogP contribution is 2.52. The minimum atomic E-state index is -4.07. The van der Waals surface area contributed by atoms with Crippen molar-refractivity contribution in [3.63, 3.8) is 0 Å². The summed E-state index contributed by atoms with van der Waals surface area (Å²) in [5.74, 6) is 0.222. The number of carbonyl (C=O) groups excluding carboxylic acids is 1. The number of carbonyl (C=O) groups is 1. The van der Waals surface area contributed by atoms with Gasteiger partial charge in [-0.05, 0) is 57.0 Å². The molecule has 0 saturated heterocycles. The molecule has 0 heterocycles. The van der Waals surface area contributed by atoms with Crippen molar-refractivity contribution >= 4 is 21.6 Å². The highest BCUT2D eigenvalue weighted by atomic mass is 31.2. The Morgan fingerprint density at radius 3 is 1.74 bits per heavy atom. The zero-order valence-corrected chi connectivity index (χ0v) is 28.4. The molecule has 0 bridgehead atoms. The summed E-state index contributed by atoms with van der Waals surface area (Å²) in [4.78, 5) is 13.7. The van der Waals surface area contributed by atoms with Gasteiger partial charge in [0.25, 0.3) is 5.91 Å². The van der Waals surface area contributed by atoms with Crippen molar-refractivity contribution in [2.45, 2.75) is 47.0 Å². The summed E-state index contributed by atoms with van der Waals surface area (Å²) in [6.45, 7) is 6.56. The van der Waals surface area contributed by atoms with Crippen LogP contribution in [0.5, 0.6) is 11.5 Å². The standard InChI is InChI=1S/C32H43NO11P2/c1-5-39-45(35,40-6-2)43-25-29(44-46(36,41-7-3)42-8-4)22-33-32(34)30-21-28(37-23-26-15-11-9-12-16-26)19-20-31(30)38-24-27-17-13-10-14-18-27/h9-21,29H,5-8,22-25H2,1-4H3,(H,33,34). The van der Waals surface area contributed by atoms with Crippen LogP contribution in [0.15, 0.2) is 78.9 Å². The number of amides is 1. The van der Waals surface area contributed by atoms with Crippen LogP contribution in [0.3, 0.4) is 0 Å². The number of rotatable bonds is 22. The molecule has 3 aromatic carbocycles. The van der Waals surface area contributed by atoms with Crippen LogP contribution in [0, 0.1) is 0 Å². The monoisotopic (exact) mass is 679 g/mol. The SMILES string of the molecule is CCOP(=O)(OCC)OCC(CNC(=O)c1cc(OCc2ccccc2)ccc1OCc1ccccc1)OP(=O)(OCC)OCC. The predicted octanol–water partition coefficient (Wildman–Crippen LogP) is 7.34. The molecule has 0 radical (unpaired) electrons. The van der Waals surface area contributed by atoms with Gasteiger partial charge < -0.3 is 14.8 Å². The van der Waals surface area contributed by atoms with Crippen LogP contribution < -0.4 is 14.8 Å². The predicted molar refractivity (Wildman–Crippen MR) is 173 cm³/mol. The van der Waals surface area contributed by atoms with Crippen molar-refractivity contribution in [2.75, 3.05) is 39.6 Å². The first-order chi connectivity index (χ1) is 22.2. The molecule has 0 fully saturated rings. The number of phosphoric ester groups is 2. The minimum Gasteiger partial charge on any atom is -0.489 e. The number of ether oxygens (including phenoxy) is 2. The van der Waals surface area contributed by atoms with Gasteiger partial charge in [-0.3, -0.25) is 31.9 Å². The third kappa shape index (κ3) is 12.6. The van der Waals surface area contributed by atoms with Gasteiger partial charge in [0, 0.05) is 6.54 Å². The summed E-state index contributed by atoms with van der Waals surface area (Å²) >= 11 is 0. The van der Waals surface area contributed by atoms with E-state index in [2.05, 4.69) is 5.32 Å². The molecular weight excluding hydrogens is 636 g/mol. The normalized spacial score (nSPS) is 12.4. The molecule has 46 heavy (non-hydrogen) atoms. The van der Waals surface area contributed by atoms with Gasteiger partial charge in [-0.1, -0.05) is 60.7 Å². The molecule has 0 aliphatic carbocycles. The number of nitrogens with one attached hydrogen (secondary N) is 1. The average molecular weight is 680 g/mol. The van der Waals surface area contributed by atoms with E-state index < -0.39 is 34.3 Å². The fourth-order valence-corrected chi connectivity index (χ4v) is 6.54. The van der Waals surface area contributed by atoms with E-state index >= 15 is 0 Å². The summed E-state index contributed by atoms with van der Waals surface area (Å²) in [6, 6.07) is 24.1. The number of hydrogen-bond donors (Lipinski definition) is 1. The molecule has 14 heteroatoms. The third-order valence-electron chi connectivity index (χ3n) is 6.02. The molecule has 0 saturated carbocycles. The molecule has 1 unspecified atom stereocenters. The molecule has 1 N–H and O–H groups in total. The van der Waals surface area contributed by atoms with Crippen molar-refractivity contribution in [1.29, 1.82) is 0 Å². The zero-order valence-electron chi connectivity index (χ0n) is 26.6. The molecule has 12 nitrogen and oxygen atoms in total. The molecule has 0 aliphatic rings. The molecule has 1 atom stereocenters. The third-order valence-corrected chi connectivity index (χ3v) is 9.34. The second kappa shape index (κ2) is 19.6. The Kier molecular flexibility index (Phi) is 15.9. The van der Waals surface area contributed by atoms with Crippen molar-refractivity contribution in [2.24, 2.45) is 0 Å². The fraction of sp³-hybridized carbons (Fsp3) is 0.406.